The van der Waals surface area contributed by atoms with Gasteiger partial charge in [-0.3, -0.25) is 9.69 Å². The summed E-state index contributed by atoms with van der Waals surface area (Å²) in [4.78, 5) is 29.2. The molecule has 1 aromatic heterocycles. The molecule has 4 rings (SSSR count). The number of hydrogen-bond donors (Lipinski definition) is 2. The summed E-state index contributed by atoms with van der Waals surface area (Å²) < 4.78 is 2.74. The Morgan fingerprint density at radius 2 is 2.35 bits per heavy atom. The molecule has 2 N–H and O–H groups in total. The van der Waals surface area contributed by atoms with Crippen LogP contribution in [0.25, 0.3) is 0 Å². The molecule has 0 spiro atoms. The Morgan fingerprint density at radius 1 is 1.57 bits per heavy atom. The molecule has 0 aliphatic carbocycles. The number of carbonyl (C=O) groups is 2. The van der Waals surface area contributed by atoms with E-state index in [1.54, 1.807) is 13.3 Å². The first-order valence-electron chi connectivity index (χ1n) is 7.28. The van der Waals surface area contributed by atoms with E-state index in [0.29, 0.717) is 4.24 Å². The summed E-state index contributed by atoms with van der Waals surface area (Å²) in [7, 11) is 0. The first kappa shape index (κ1) is 15.1. The van der Waals surface area contributed by atoms with Gasteiger partial charge in [-0.25, -0.2) is 9.78 Å². The molecule has 3 aliphatic rings. The second-order valence-electron chi connectivity index (χ2n) is 5.91. The quantitative estimate of drug-likeness (QED) is 0.770. The van der Waals surface area contributed by atoms with Crippen molar-refractivity contribution in [3.05, 3.63) is 28.2 Å². The van der Waals surface area contributed by atoms with Crippen LogP contribution in [0.5, 0.6) is 0 Å². The number of aliphatic hydroxyl groups is 1. The van der Waals surface area contributed by atoms with Gasteiger partial charge in [0.15, 0.2) is 5.70 Å². The van der Waals surface area contributed by atoms with Gasteiger partial charge in [-0.2, -0.15) is 0 Å². The van der Waals surface area contributed by atoms with Crippen molar-refractivity contribution in [3.8, 4) is 0 Å². The van der Waals surface area contributed by atoms with Gasteiger partial charge in [0.25, 0.3) is 0 Å². The van der Waals surface area contributed by atoms with Crippen molar-refractivity contribution in [1.82, 2.24) is 14.5 Å². The maximum absolute atomic E-state index is 12.2. The lowest BCUT2D eigenvalue weighted by Crippen LogP contribution is -2.60. The third-order valence-electron chi connectivity index (χ3n) is 4.38. The van der Waals surface area contributed by atoms with Crippen LogP contribution in [0.4, 0.5) is 0 Å². The van der Waals surface area contributed by atoms with E-state index in [4.69, 9.17) is 0 Å². The summed E-state index contributed by atoms with van der Waals surface area (Å²) >= 11 is 2.90. The zero-order valence-corrected chi connectivity index (χ0v) is 13.9. The lowest BCUT2D eigenvalue weighted by Gasteiger charge is -2.43. The van der Waals surface area contributed by atoms with E-state index in [9.17, 15) is 19.8 Å². The maximum Gasteiger partial charge on any atom is 0.354 e. The summed E-state index contributed by atoms with van der Waals surface area (Å²) in [5.74, 6) is -1.90. The summed E-state index contributed by atoms with van der Waals surface area (Å²) in [5, 5.41) is 19.2. The van der Waals surface area contributed by atoms with Gasteiger partial charge in [-0.05, 0) is 6.92 Å². The van der Waals surface area contributed by atoms with Gasteiger partial charge in [0.1, 0.15) is 5.37 Å². The third kappa shape index (κ3) is 2.21. The van der Waals surface area contributed by atoms with E-state index in [2.05, 4.69) is 9.55 Å². The highest BCUT2D eigenvalue weighted by molar-refractivity contribution is 8.23. The lowest BCUT2D eigenvalue weighted by atomic mass is 9.92. The van der Waals surface area contributed by atoms with E-state index in [-0.39, 0.29) is 22.2 Å². The Hall–Kier alpha value is -1.45. The molecule has 0 bridgehead atoms. The Morgan fingerprint density at radius 3 is 3.00 bits per heavy atom. The average Bonchev–Trinajstić information content (AvgIpc) is 3.10. The number of amides is 1. The van der Waals surface area contributed by atoms with E-state index in [1.165, 1.54) is 28.4 Å². The molecule has 1 fully saturated rings. The van der Waals surface area contributed by atoms with Crippen LogP contribution in [-0.2, 0) is 22.6 Å². The van der Waals surface area contributed by atoms with Crippen molar-refractivity contribution in [2.75, 3.05) is 0 Å². The highest BCUT2D eigenvalue weighted by atomic mass is 32.2. The summed E-state index contributed by atoms with van der Waals surface area (Å²) in [6.07, 6.45) is 3.67. The Kier molecular flexibility index (Phi) is 3.47. The number of aliphatic carboxylic acids is 1. The van der Waals surface area contributed by atoms with E-state index >= 15 is 0 Å². The molecule has 4 atom stereocenters. The second kappa shape index (κ2) is 5.29. The first-order valence-corrected chi connectivity index (χ1v) is 9.04. The van der Waals surface area contributed by atoms with Crippen molar-refractivity contribution in [1.29, 1.82) is 0 Å². The minimum atomic E-state index is -1.08. The van der Waals surface area contributed by atoms with E-state index in [0.717, 1.165) is 18.7 Å². The van der Waals surface area contributed by atoms with Crippen LogP contribution in [0.3, 0.4) is 0 Å². The van der Waals surface area contributed by atoms with Crippen LogP contribution in [0.1, 0.15) is 12.6 Å². The fraction of sp³-hybridized carbons (Fsp3) is 0.500. The average molecular weight is 353 g/mol. The number of aliphatic hydroxyl groups excluding tert-OH is 1. The zero-order valence-electron chi connectivity index (χ0n) is 12.2. The Bertz CT molecular complexity index is 709. The van der Waals surface area contributed by atoms with Crippen molar-refractivity contribution < 1.29 is 19.8 Å². The minimum absolute atomic E-state index is 0.0709. The molecule has 0 radical (unpaired) electrons. The second-order valence-corrected chi connectivity index (χ2v) is 8.60. The number of carboxylic acids is 1. The Labute approximate surface area is 140 Å². The minimum Gasteiger partial charge on any atom is -0.477 e. The van der Waals surface area contributed by atoms with Gasteiger partial charge in [0.2, 0.25) is 5.91 Å². The largest absolute Gasteiger partial charge is 0.477 e. The monoisotopic (exact) mass is 353 g/mol. The number of hydrogen-bond acceptors (Lipinski definition) is 6. The molecule has 4 heterocycles. The van der Waals surface area contributed by atoms with Crippen LogP contribution < -0.4 is 0 Å². The molecule has 7 nitrogen and oxygen atoms in total. The Balaban J connectivity index is 1.55. The SMILES string of the molecule is C[C@@H](O)[C@H]1C(=O)N2C(C(=O)O)=C(SC3Cc4cncn4C3)S[C@H]12. The normalized spacial score (nSPS) is 30.3. The number of thioether (sulfide) groups is 2. The molecule has 1 saturated heterocycles. The van der Waals surface area contributed by atoms with Gasteiger partial charge in [0.05, 0.1) is 22.6 Å². The van der Waals surface area contributed by atoms with Crippen molar-refractivity contribution in [3.63, 3.8) is 0 Å². The molecule has 1 aromatic rings. The zero-order chi connectivity index (χ0) is 16.3. The third-order valence-corrected chi connectivity index (χ3v) is 7.16. The number of carbonyl (C=O) groups excluding carboxylic acids is 1. The summed E-state index contributed by atoms with van der Waals surface area (Å²) in [5.41, 5.74) is 1.21. The topological polar surface area (TPSA) is 95.7 Å². The van der Waals surface area contributed by atoms with Gasteiger partial charge in [-0.15, -0.1) is 11.8 Å². The molecule has 23 heavy (non-hydrogen) atoms. The van der Waals surface area contributed by atoms with Crippen LogP contribution >= 0.6 is 23.5 Å². The molecule has 9 heteroatoms. The standard InChI is InChI=1S/C14H15N3O4S2/c1-6(18)9-11(19)17-10(13(20)21)14(23-12(9)17)22-8-2-7-3-15-5-16(7)4-8/h3,5-6,8-9,12,18H,2,4H2,1H3,(H,20,21)/t6-,8?,9+,12-/m1/s1. The van der Waals surface area contributed by atoms with Crippen LogP contribution in [-0.4, -0.2) is 53.3 Å². The van der Waals surface area contributed by atoms with Gasteiger partial charge < -0.3 is 14.8 Å². The molecule has 0 aromatic carbocycles. The molecular formula is C14H15N3O4S2. The van der Waals surface area contributed by atoms with Crippen molar-refractivity contribution in [2.45, 2.75) is 36.6 Å². The smallest absolute Gasteiger partial charge is 0.354 e. The molecule has 3 aliphatic heterocycles. The van der Waals surface area contributed by atoms with Gasteiger partial charge in [-0.1, -0.05) is 11.8 Å². The lowest BCUT2D eigenvalue weighted by molar-refractivity contribution is -0.156. The van der Waals surface area contributed by atoms with Crippen LogP contribution in [0.15, 0.2) is 22.5 Å². The summed E-state index contributed by atoms with van der Waals surface area (Å²) in [6, 6.07) is 0. The maximum atomic E-state index is 12.2. The van der Waals surface area contributed by atoms with Gasteiger partial charge in [0, 0.05) is 30.1 Å². The number of aromatic nitrogens is 2. The van der Waals surface area contributed by atoms with Gasteiger partial charge >= 0.3 is 5.97 Å². The van der Waals surface area contributed by atoms with Crippen molar-refractivity contribution >= 4 is 35.4 Å². The number of rotatable bonds is 4. The fourth-order valence-electron chi connectivity index (χ4n) is 3.26. The predicted molar refractivity (Wildman–Crippen MR) is 85.4 cm³/mol. The number of nitrogens with zero attached hydrogens (tertiary/aromatic N) is 3. The summed E-state index contributed by atoms with van der Waals surface area (Å²) in [6.45, 7) is 2.36. The highest BCUT2D eigenvalue weighted by Crippen LogP contribution is 2.55. The molecule has 1 unspecified atom stereocenters. The van der Waals surface area contributed by atoms with Crippen LogP contribution in [0.2, 0.25) is 0 Å². The fourth-order valence-corrected chi connectivity index (χ4v) is 6.60. The predicted octanol–water partition coefficient (Wildman–Crippen LogP) is 0.707. The number of imidazole rings is 1. The number of fused-ring (bicyclic) bond motifs is 2. The molecular weight excluding hydrogens is 338 g/mol. The van der Waals surface area contributed by atoms with E-state index < -0.39 is 18.0 Å². The molecule has 0 saturated carbocycles. The number of β-lactam (4-membered cyclic amide) rings is 1. The van der Waals surface area contributed by atoms with E-state index in [1.807, 2.05) is 6.20 Å². The van der Waals surface area contributed by atoms with Crippen LogP contribution in [0, 0.1) is 5.92 Å². The highest BCUT2D eigenvalue weighted by Gasteiger charge is 2.58. The van der Waals surface area contributed by atoms with Crippen molar-refractivity contribution in [2.24, 2.45) is 5.92 Å². The molecule has 1 amide bonds. The molecule has 122 valence electrons. The number of carboxylic acid groups (broad SMARTS) is 1. The first-order chi connectivity index (χ1) is 11.0.